The van der Waals surface area contributed by atoms with Gasteiger partial charge in [0.25, 0.3) is 0 Å². The molecule has 0 N–H and O–H groups in total. The van der Waals surface area contributed by atoms with Crippen LogP contribution in [0.4, 0.5) is 0 Å². The molecule has 0 aliphatic heterocycles. The van der Waals surface area contributed by atoms with Crippen LogP contribution < -0.4 is 0 Å². The first-order valence-corrected chi connectivity index (χ1v) is 12.8. The van der Waals surface area contributed by atoms with Gasteiger partial charge in [0, 0.05) is 6.42 Å². The molecule has 1 aromatic rings. The summed E-state index contributed by atoms with van der Waals surface area (Å²) in [5.74, 6) is 2.22. The molecule has 6 nitrogen and oxygen atoms in total. The number of carbonyl (C=O) groups is 2. The lowest BCUT2D eigenvalue weighted by atomic mass is 9.47. The van der Waals surface area contributed by atoms with Gasteiger partial charge in [0.1, 0.15) is 25.3 Å². The number of carbonyl (C=O) groups excluding carboxylic acids is 2. The van der Waals surface area contributed by atoms with Crippen LogP contribution in [0.5, 0.6) is 0 Å². The van der Waals surface area contributed by atoms with E-state index >= 15 is 0 Å². The highest BCUT2D eigenvalue weighted by molar-refractivity contribution is 5.97. The van der Waals surface area contributed by atoms with Crippen LogP contribution in [0.2, 0.25) is 0 Å². The Hall–Kier alpha value is -2.24. The lowest BCUT2D eigenvalue weighted by Crippen LogP contribution is -2.50. The first kappa shape index (κ1) is 21.3. The Labute approximate surface area is 195 Å². The average Bonchev–Trinajstić information content (AvgIpc) is 3.41. The molecule has 0 aromatic carbocycles. The Bertz CT molecular complexity index is 1020. The van der Waals surface area contributed by atoms with Crippen LogP contribution >= 0.6 is 0 Å². The third kappa shape index (κ3) is 3.43. The molecule has 6 rings (SSSR count). The maximum atomic E-state index is 13.2. The van der Waals surface area contributed by atoms with Gasteiger partial charge in [-0.1, -0.05) is 31.6 Å². The first-order valence-electron chi connectivity index (χ1n) is 12.8. The third-order valence-corrected chi connectivity index (χ3v) is 9.91. The summed E-state index contributed by atoms with van der Waals surface area (Å²) in [7, 11) is 0. The summed E-state index contributed by atoms with van der Waals surface area (Å²) in [5, 5.41) is 4.13. The van der Waals surface area contributed by atoms with Gasteiger partial charge in [-0.15, -0.1) is 0 Å². The normalized spacial score (nSPS) is 39.6. The van der Waals surface area contributed by atoms with Crippen LogP contribution in [0.15, 0.2) is 36.0 Å². The fourth-order valence-electron chi connectivity index (χ4n) is 7.85. The zero-order valence-electron chi connectivity index (χ0n) is 19.8. The Morgan fingerprint density at radius 1 is 1.06 bits per heavy atom. The number of fused-ring (bicyclic) bond motifs is 5. The molecule has 0 unspecified atom stereocenters. The summed E-state index contributed by atoms with van der Waals surface area (Å²) in [4.78, 5) is 29.4. The first-order chi connectivity index (χ1) is 15.9. The molecule has 0 spiro atoms. The molecular formula is C27H35N3O3. The minimum absolute atomic E-state index is 0.0302. The number of nitrogens with zero attached hydrogens (tertiary/aromatic N) is 3. The highest BCUT2D eigenvalue weighted by atomic mass is 16.5. The van der Waals surface area contributed by atoms with E-state index in [1.807, 2.05) is 0 Å². The van der Waals surface area contributed by atoms with E-state index in [9.17, 15) is 9.59 Å². The molecule has 1 aromatic heterocycles. The Kier molecular flexibility index (Phi) is 4.93. The van der Waals surface area contributed by atoms with Crippen molar-refractivity contribution in [2.75, 3.05) is 0 Å². The zero-order valence-corrected chi connectivity index (χ0v) is 19.8. The molecule has 5 aliphatic rings. The molecule has 1 heterocycles. The van der Waals surface area contributed by atoms with E-state index < -0.39 is 0 Å². The van der Waals surface area contributed by atoms with Gasteiger partial charge in [-0.3, -0.25) is 9.59 Å². The van der Waals surface area contributed by atoms with Crippen molar-refractivity contribution in [2.24, 2.45) is 34.5 Å². The molecule has 0 saturated heterocycles. The van der Waals surface area contributed by atoms with Crippen molar-refractivity contribution in [2.45, 2.75) is 84.3 Å². The third-order valence-electron chi connectivity index (χ3n) is 9.91. The number of allylic oxidation sites excluding steroid dienone is 3. The highest BCUT2D eigenvalue weighted by Gasteiger charge is 2.57. The number of hydrogen-bond donors (Lipinski definition) is 0. The topological polar surface area (TPSA) is 74.1 Å². The molecule has 0 amide bonds. The lowest BCUT2D eigenvalue weighted by Gasteiger charge is -2.57. The summed E-state index contributed by atoms with van der Waals surface area (Å²) >= 11 is 0. The van der Waals surface area contributed by atoms with Gasteiger partial charge in [0.15, 0.2) is 5.78 Å². The maximum absolute atomic E-state index is 13.2. The van der Waals surface area contributed by atoms with Gasteiger partial charge >= 0.3 is 5.97 Å². The zero-order chi connectivity index (χ0) is 22.8. The highest BCUT2D eigenvalue weighted by Crippen LogP contribution is 2.65. The summed E-state index contributed by atoms with van der Waals surface area (Å²) < 4.78 is 7.51. The molecule has 6 atom stereocenters. The number of hydrogen-bond acceptors (Lipinski definition) is 5. The second kappa shape index (κ2) is 7.64. The Balaban J connectivity index is 1.18. The SMILES string of the molecule is C[C@]12CC[C@H](OC(=O)C3CC3)CC1=CC[C@@H]1[C@@H]2CC[C@]2(C)C(C(=O)Cn3cncn3)=CC[C@@H]12. The monoisotopic (exact) mass is 449 g/mol. The minimum Gasteiger partial charge on any atom is -0.462 e. The van der Waals surface area contributed by atoms with E-state index in [0.717, 1.165) is 56.9 Å². The fourth-order valence-corrected chi connectivity index (χ4v) is 7.85. The number of aromatic nitrogens is 3. The lowest BCUT2D eigenvalue weighted by molar-refractivity contribution is -0.153. The number of Topliss-reactive ketones (excluding diaryl/α,β-unsaturated/α-hetero) is 1. The maximum Gasteiger partial charge on any atom is 0.309 e. The predicted octanol–water partition coefficient (Wildman–Crippen LogP) is 4.67. The van der Waals surface area contributed by atoms with Crippen molar-refractivity contribution < 1.29 is 14.3 Å². The van der Waals surface area contributed by atoms with Crippen molar-refractivity contribution in [3.05, 3.63) is 36.0 Å². The smallest absolute Gasteiger partial charge is 0.309 e. The molecule has 3 fully saturated rings. The van der Waals surface area contributed by atoms with Crippen LogP contribution in [0, 0.1) is 34.5 Å². The Morgan fingerprint density at radius 3 is 2.64 bits per heavy atom. The molecular weight excluding hydrogens is 414 g/mol. The van der Waals surface area contributed by atoms with Crippen LogP contribution in [0.1, 0.15) is 71.6 Å². The van der Waals surface area contributed by atoms with Gasteiger partial charge in [-0.25, -0.2) is 9.67 Å². The number of ether oxygens (including phenoxy) is 1. The molecule has 0 radical (unpaired) electrons. The average molecular weight is 450 g/mol. The van der Waals surface area contributed by atoms with Gasteiger partial charge in [-0.2, -0.15) is 5.10 Å². The van der Waals surface area contributed by atoms with Crippen LogP contribution in [-0.2, 0) is 20.9 Å². The fraction of sp³-hybridized carbons (Fsp3) is 0.704. The van der Waals surface area contributed by atoms with Crippen molar-refractivity contribution in [1.82, 2.24) is 14.8 Å². The predicted molar refractivity (Wildman–Crippen MR) is 123 cm³/mol. The Morgan fingerprint density at radius 2 is 1.88 bits per heavy atom. The van der Waals surface area contributed by atoms with Crippen LogP contribution in [0.3, 0.4) is 0 Å². The van der Waals surface area contributed by atoms with Gasteiger partial charge in [0.2, 0.25) is 0 Å². The second-order valence-electron chi connectivity index (χ2n) is 11.7. The van der Waals surface area contributed by atoms with Gasteiger partial charge in [0.05, 0.1) is 5.92 Å². The largest absolute Gasteiger partial charge is 0.462 e. The van der Waals surface area contributed by atoms with Crippen LogP contribution in [-0.4, -0.2) is 32.6 Å². The summed E-state index contributed by atoms with van der Waals surface area (Å²) in [5.41, 5.74) is 2.73. The quantitative estimate of drug-likeness (QED) is 0.482. The summed E-state index contributed by atoms with van der Waals surface area (Å²) in [6.07, 6.45) is 17.3. The molecule has 6 heteroatoms. The standard InChI is InChI=1S/C27H35N3O3/c1-26-11-9-19(33-25(32)17-3-4-17)13-18(26)5-6-20-21-7-8-23(27(21,2)12-10-22(20)26)24(31)14-30-16-28-15-29-30/h5,8,15-17,19-22H,3-4,6-7,9-14H2,1-2H3/t19-,20-,21-,22-,26-,27-/m0/s1. The minimum atomic E-state index is -0.0302. The van der Waals surface area contributed by atoms with Crippen molar-refractivity contribution in [3.8, 4) is 0 Å². The number of ketones is 1. The van der Waals surface area contributed by atoms with E-state index in [4.69, 9.17) is 4.74 Å². The molecule has 3 saturated carbocycles. The van der Waals surface area contributed by atoms with Crippen LogP contribution in [0.25, 0.3) is 0 Å². The number of esters is 1. The summed E-state index contributed by atoms with van der Waals surface area (Å²) in [6, 6.07) is 0. The van der Waals surface area contributed by atoms with E-state index in [-0.39, 0.29) is 41.1 Å². The van der Waals surface area contributed by atoms with Gasteiger partial charge in [-0.05, 0) is 85.5 Å². The molecule has 0 bridgehead atoms. The van der Waals surface area contributed by atoms with Gasteiger partial charge < -0.3 is 4.74 Å². The molecule has 176 valence electrons. The van der Waals surface area contributed by atoms with E-state index in [2.05, 4.69) is 36.1 Å². The summed E-state index contributed by atoms with van der Waals surface area (Å²) in [6.45, 7) is 5.09. The van der Waals surface area contributed by atoms with Crippen molar-refractivity contribution >= 4 is 11.8 Å². The van der Waals surface area contributed by atoms with E-state index in [1.165, 1.54) is 18.3 Å². The number of rotatable bonds is 5. The van der Waals surface area contributed by atoms with E-state index in [0.29, 0.717) is 17.8 Å². The molecule has 5 aliphatic carbocycles. The van der Waals surface area contributed by atoms with Crippen molar-refractivity contribution in [1.29, 1.82) is 0 Å². The molecule has 33 heavy (non-hydrogen) atoms. The van der Waals surface area contributed by atoms with E-state index in [1.54, 1.807) is 11.0 Å². The van der Waals surface area contributed by atoms with Crippen molar-refractivity contribution in [3.63, 3.8) is 0 Å². The second-order valence-corrected chi connectivity index (χ2v) is 11.7.